The average molecular weight is 299 g/mol. The van der Waals surface area contributed by atoms with Crippen LogP contribution in [0.3, 0.4) is 0 Å². The maximum absolute atomic E-state index is 9.65. The van der Waals surface area contributed by atoms with Crippen LogP contribution in [0.1, 0.15) is 67.1 Å². The van der Waals surface area contributed by atoms with E-state index < -0.39 is 0 Å². The Morgan fingerprint density at radius 1 is 1.23 bits per heavy atom. The zero-order valence-electron chi connectivity index (χ0n) is 13.3. The minimum absolute atomic E-state index is 0.0473. The number of H-pyrrole nitrogens is 1. The lowest BCUT2D eigenvalue weighted by Gasteiger charge is -2.17. The molecule has 3 N–H and O–H groups in total. The molecular weight excluding hydrogens is 274 g/mol. The Labute approximate surface area is 132 Å². The highest BCUT2D eigenvalue weighted by atomic mass is 16.3. The number of rotatable bonds is 7. The second kappa shape index (κ2) is 6.63. The highest BCUT2D eigenvalue weighted by Crippen LogP contribution is 2.39. The quantitative estimate of drug-likeness (QED) is 0.735. The average Bonchev–Trinajstić information content (AvgIpc) is 3.28. The lowest BCUT2D eigenvalue weighted by Crippen LogP contribution is -2.24. The molecule has 1 aliphatic rings. The van der Waals surface area contributed by atoms with Gasteiger partial charge in [-0.1, -0.05) is 38.1 Å². The van der Waals surface area contributed by atoms with Gasteiger partial charge in [0, 0.05) is 18.2 Å². The minimum atomic E-state index is -0.0473. The molecule has 1 atom stereocenters. The Morgan fingerprint density at radius 3 is 2.50 bits per heavy atom. The van der Waals surface area contributed by atoms with Gasteiger partial charge in [0.05, 0.1) is 18.3 Å². The van der Waals surface area contributed by atoms with Crippen LogP contribution in [-0.2, 0) is 6.54 Å². The molecule has 22 heavy (non-hydrogen) atoms. The van der Waals surface area contributed by atoms with Crippen molar-refractivity contribution >= 4 is 0 Å². The summed E-state index contributed by atoms with van der Waals surface area (Å²) in [5.41, 5.74) is 4.70. The molecule has 118 valence electrons. The summed E-state index contributed by atoms with van der Waals surface area (Å²) in [7, 11) is 0. The van der Waals surface area contributed by atoms with Crippen molar-refractivity contribution in [1.82, 2.24) is 15.5 Å². The van der Waals surface area contributed by atoms with E-state index in [-0.39, 0.29) is 12.6 Å². The largest absolute Gasteiger partial charge is 0.394 e. The Kier molecular flexibility index (Phi) is 4.60. The molecule has 1 aromatic heterocycles. The van der Waals surface area contributed by atoms with Crippen LogP contribution in [-0.4, -0.2) is 21.9 Å². The first-order valence-electron chi connectivity index (χ1n) is 8.15. The van der Waals surface area contributed by atoms with Crippen LogP contribution in [0.5, 0.6) is 0 Å². The second-order valence-corrected chi connectivity index (χ2v) is 6.53. The third-order valence-corrected chi connectivity index (χ3v) is 4.37. The van der Waals surface area contributed by atoms with Crippen molar-refractivity contribution in [2.24, 2.45) is 0 Å². The number of aliphatic hydroxyl groups excluding tert-OH is 1. The normalized spacial score (nSPS) is 16.2. The van der Waals surface area contributed by atoms with E-state index in [1.165, 1.54) is 24.1 Å². The summed E-state index contributed by atoms with van der Waals surface area (Å²) in [5.74, 6) is 1.20. The van der Waals surface area contributed by atoms with Gasteiger partial charge in [-0.3, -0.25) is 5.10 Å². The molecule has 0 amide bonds. The molecule has 0 aliphatic heterocycles. The van der Waals surface area contributed by atoms with Crippen LogP contribution >= 0.6 is 0 Å². The number of nitrogens with one attached hydrogen (secondary N) is 2. The van der Waals surface area contributed by atoms with Crippen LogP contribution in [0.2, 0.25) is 0 Å². The number of aromatic amines is 1. The van der Waals surface area contributed by atoms with Gasteiger partial charge in [-0.15, -0.1) is 0 Å². The molecular formula is C18H25N3O. The van der Waals surface area contributed by atoms with Gasteiger partial charge in [-0.2, -0.15) is 5.10 Å². The van der Waals surface area contributed by atoms with Crippen LogP contribution in [0.15, 0.2) is 30.3 Å². The summed E-state index contributed by atoms with van der Waals surface area (Å²) in [6.07, 6.45) is 2.53. The van der Waals surface area contributed by atoms with E-state index >= 15 is 0 Å². The summed E-state index contributed by atoms with van der Waals surface area (Å²) in [4.78, 5) is 0. The molecule has 1 heterocycles. The van der Waals surface area contributed by atoms with Gasteiger partial charge in [-0.05, 0) is 36.0 Å². The number of hydrogen-bond donors (Lipinski definition) is 3. The Morgan fingerprint density at radius 2 is 1.91 bits per heavy atom. The van der Waals surface area contributed by atoms with Crippen LogP contribution in [0.4, 0.5) is 0 Å². The molecule has 0 spiro atoms. The van der Waals surface area contributed by atoms with E-state index in [0.29, 0.717) is 18.4 Å². The van der Waals surface area contributed by atoms with Crippen LogP contribution < -0.4 is 5.32 Å². The number of aromatic nitrogens is 2. The summed E-state index contributed by atoms with van der Waals surface area (Å²) in [6.45, 7) is 5.15. The molecule has 1 fully saturated rings. The molecule has 1 saturated carbocycles. The maximum Gasteiger partial charge on any atom is 0.0656 e. The van der Waals surface area contributed by atoms with Crippen molar-refractivity contribution in [2.75, 3.05) is 6.61 Å². The fourth-order valence-corrected chi connectivity index (χ4v) is 2.69. The zero-order valence-corrected chi connectivity index (χ0v) is 13.3. The zero-order chi connectivity index (χ0) is 15.5. The fraction of sp³-hybridized carbons (Fsp3) is 0.500. The van der Waals surface area contributed by atoms with E-state index in [1.54, 1.807) is 0 Å². The summed E-state index contributed by atoms with van der Waals surface area (Å²) >= 11 is 0. The molecule has 2 aromatic rings. The predicted octanol–water partition coefficient (Wildman–Crippen LogP) is 3.23. The van der Waals surface area contributed by atoms with Crippen molar-refractivity contribution in [3.05, 3.63) is 52.8 Å². The van der Waals surface area contributed by atoms with E-state index in [2.05, 4.69) is 59.7 Å². The van der Waals surface area contributed by atoms with Crippen LogP contribution in [0, 0.1) is 0 Å². The van der Waals surface area contributed by atoms with Crippen molar-refractivity contribution < 1.29 is 5.11 Å². The molecule has 1 unspecified atom stereocenters. The van der Waals surface area contributed by atoms with Gasteiger partial charge in [0.15, 0.2) is 0 Å². The molecule has 4 nitrogen and oxygen atoms in total. The lowest BCUT2D eigenvalue weighted by atomic mass is 9.99. The van der Waals surface area contributed by atoms with Gasteiger partial charge in [0.25, 0.3) is 0 Å². The number of nitrogens with zero attached hydrogens (tertiary/aromatic N) is 1. The third-order valence-electron chi connectivity index (χ3n) is 4.37. The van der Waals surface area contributed by atoms with E-state index in [4.69, 9.17) is 0 Å². The molecule has 0 saturated heterocycles. The Hall–Kier alpha value is -1.65. The highest BCUT2D eigenvalue weighted by Gasteiger charge is 2.26. The smallest absolute Gasteiger partial charge is 0.0656 e. The fourth-order valence-electron chi connectivity index (χ4n) is 2.69. The lowest BCUT2D eigenvalue weighted by molar-refractivity contribution is 0.243. The molecule has 0 bridgehead atoms. The third kappa shape index (κ3) is 3.57. The van der Waals surface area contributed by atoms with Crippen molar-refractivity contribution in [2.45, 2.75) is 51.1 Å². The molecule has 1 aliphatic carbocycles. The van der Waals surface area contributed by atoms with Gasteiger partial charge >= 0.3 is 0 Å². The molecule has 4 heteroatoms. The van der Waals surface area contributed by atoms with Crippen LogP contribution in [0.25, 0.3) is 0 Å². The highest BCUT2D eigenvalue weighted by molar-refractivity contribution is 5.27. The maximum atomic E-state index is 9.65. The van der Waals surface area contributed by atoms with Gasteiger partial charge in [0.1, 0.15) is 0 Å². The Bertz CT molecular complexity index is 599. The summed E-state index contributed by atoms with van der Waals surface area (Å²) < 4.78 is 0. The number of aliphatic hydroxyl groups is 1. The number of hydrogen-bond acceptors (Lipinski definition) is 3. The Balaban J connectivity index is 1.60. The van der Waals surface area contributed by atoms with Crippen molar-refractivity contribution in [3.63, 3.8) is 0 Å². The van der Waals surface area contributed by atoms with E-state index in [0.717, 1.165) is 11.3 Å². The summed E-state index contributed by atoms with van der Waals surface area (Å²) in [5, 5.41) is 20.5. The monoisotopic (exact) mass is 299 g/mol. The minimum Gasteiger partial charge on any atom is -0.394 e. The van der Waals surface area contributed by atoms with Gasteiger partial charge in [-0.25, -0.2) is 0 Å². The molecule has 0 radical (unpaired) electrons. The van der Waals surface area contributed by atoms with E-state index in [1.807, 2.05) is 0 Å². The standard InChI is InChI=1S/C18H25N3O/c1-12(2)13-3-5-15(6-4-13)18(11-22)19-10-16-9-17(21-20-16)14-7-8-14/h3-6,9,12,14,18-19,22H,7-8,10-11H2,1-2H3,(H,20,21). The molecule has 3 rings (SSSR count). The first-order chi connectivity index (χ1) is 10.7. The SMILES string of the molecule is CC(C)c1ccc(C(CO)NCc2cc(C3CC3)n[nH]2)cc1. The van der Waals surface area contributed by atoms with Gasteiger partial charge < -0.3 is 10.4 Å². The first-order valence-corrected chi connectivity index (χ1v) is 8.15. The van der Waals surface area contributed by atoms with E-state index in [9.17, 15) is 5.11 Å². The van der Waals surface area contributed by atoms with Crippen molar-refractivity contribution in [1.29, 1.82) is 0 Å². The van der Waals surface area contributed by atoms with Crippen molar-refractivity contribution in [3.8, 4) is 0 Å². The van der Waals surface area contributed by atoms with Gasteiger partial charge in [0.2, 0.25) is 0 Å². The first kappa shape index (κ1) is 15.3. The topological polar surface area (TPSA) is 60.9 Å². The number of benzene rings is 1. The predicted molar refractivity (Wildman–Crippen MR) is 87.8 cm³/mol. The molecule has 1 aromatic carbocycles. The second-order valence-electron chi connectivity index (χ2n) is 6.53. The summed E-state index contributed by atoms with van der Waals surface area (Å²) in [6, 6.07) is 10.6.